The van der Waals surface area contributed by atoms with Crippen LogP contribution in [0.15, 0.2) is 61.2 Å². The number of carbonyl (C=O) groups is 2. The zero-order valence-corrected chi connectivity index (χ0v) is 24.7. The molecule has 2 amide bonds. The van der Waals surface area contributed by atoms with Crippen LogP contribution in [0, 0.1) is 18.8 Å². The number of anilines is 1. The van der Waals surface area contributed by atoms with Crippen molar-refractivity contribution < 1.29 is 14.3 Å². The highest BCUT2D eigenvalue weighted by Crippen LogP contribution is 2.44. The smallest absolute Gasteiger partial charge is 0.269 e. The van der Waals surface area contributed by atoms with Crippen molar-refractivity contribution in [2.45, 2.75) is 39.2 Å². The van der Waals surface area contributed by atoms with Gasteiger partial charge in [0, 0.05) is 37.7 Å². The number of nitrogens with zero attached hydrogens (tertiary/aromatic N) is 3. The zero-order chi connectivity index (χ0) is 28.7. The fourth-order valence-corrected chi connectivity index (χ4v) is 6.86. The molecule has 6 nitrogen and oxygen atoms in total. The van der Waals surface area contributed by atoms with Gasteiger partial charge in [-0.15, -0.1) is 0 Å². The number of hydrogen-bond donors (Lipinski definition) is 0. The number of aryl methyl sites for hydroxylation is 1. The van der Waals surface area contributed by atoms with Gasteiger partial charge in [-0.1, -0.05) is 67.9 Å². The van der Waals surface area contributed by atoms with Crippen LogP contribution in [0.1, 0.15) is 31.7 Å². The summed E-state index contributed by atoms with van der Waals surface area (Å²) in [4.78, 5) is 32.0. The van der Waals surface area contributed by atoms with Crippen molar-refractivity contribution in [1.82, 2.24) is 9.80 Å². The molecule has 0 spiro atoms. The van der Waals surface area contributed by atoms with Crippen molar-refractivity contribution in [1.29, 1.82) is 0 Å². The summed E-state index contributed by atoms with van der Waals surface area (Å²) in [5.41, 5.74) is 3.81. The SMILES string of the molecule is C=CC(=O)N1CC(CN2C(=O)C(CN3CCC(CC)CC3)Oc3cc(-c4cc(C)cc5ccccc45)c(Cl)cc32)C1. The van der Waals surface area contributed by atoms with Gasteiger partial charge in [-0.25, -0.2) is 0 Å². The monoisotopic (exact) mass is 571 g/mol. The maximum absolute atomic E-state index is 13.9. The molecule has 6 rings (SSSR count). The minimum Gasteiger partial charge on any atom is -0.477 e. The average molecular weight is 572 g/mol. The molecule has 0 saturated carbocycles. The number of hydrogen-bond acceptors (Lipinski definition) is 4. The topological polar surface area (TPSA) is 53.1 Å². The molecule has 0 bridgehead atoms. The van der Waals surface area contributed by atoms with E-state index in [4.69, 9.17) is 16.3 Å². The van der Waals surface area contributed by atoms with Crippen LogP contribution in [0.3, 0.4) is 0 Å². The molecule has 2 fully saturated rings. The lowest BCUT2D eigenvalue weighted by Crippen LogP contribution is -2.58. The summed E-state index contributed by atoms with van der Waals surface area (Å²) >= 11 is 6.98. The van der Waals surface area contributed by atoms with Gasteiger partial charge < -0.3 is 14.5 Å². The second kappa shape index (κ2) is 11.5. The van der Waals surface area contributed by atoms with Crippen molar-refractivity contribution in [2.75, 3.05) is 44.2 Å². The highest BCUT2D eigenvalue weighted by atomic mass is 35.5. The van der Waals surface area contributed by atoms with Crippen LogP contribution in [0.4, 0.5) is 5.69 Å². The van der Waals surface area contributed by atoms with Crippen LogP contribution >= 0.6 is 11.6 Å². The lowest BCUT2D eigenvalue weighted by molar-refractivity contribution is -0.132. The molecule has 0 aromatic heterocycles. The van der Waals surface area contributed by atoms with Gasteiger partial charge in [-0.2, -0.15) is 0 Å². The first kappa shape index (κ1) is 27.8. The van der Waals surface area contributed by atoms with Crippen LogP contribution in [0.2, 0.25) is 5.02 Å². The van der Waals surface area contributed by atoms with Gasteiger partial charge in [0.2, 0.25) is 5.91 Å². The number of carbonyl (C=O) groups excluding carboxylic acids is 2. The highest BCUT2D eigenvalue weighted by Gasteiger charge is 2.40. The van der Waals surface area contributed by atoms with Crippen molar-refractivity contribution in [3.05, 3.63) is 71.8 Å². The lowest BCUT2D eigenvalue weighted by atomic mass is 9.93. The summed E-state index contributed by atoms with van der Waals surface area (Å²) in [6, 6.07) is 16.6. The number of ether oxygens (including phenoxy) is 1. The van der Waals surface area contributed by atoms with E-state index in [1.54, 1.807) is 4.90 Å². The summed E-state index contributed by atoms with van der Waals surface area (Å²) in [6.45, 7) is 12.2. The van der Waals surface area contributed by atoms with E-state index in [-0.39, 0.29) is 17.7 Å². The number of piperidine rings is 1. The van der Waals surface area contributed by atoms with Gasteiger partial charge in [0.05, 0.1) is 10.7 Å². The standard InChI is InChI=1S/C34H38ClN3O3/c1-4-23-10-12-36(13-11-23)21-32-34(40)38(20-24-18-37(19-24)33(39)5-2)30-17-29(35)28(16-31(30)41-32)27-15-22(3)14-25-8-6-7-9-26(25)27/h5-9,14-17,23-24,32H,2,4,10-13,18-21H2,1,3H3. The molecule has 3 aromatic rings. The fraction of sp³-hybridized carbons (Fsp3) is 0.412. The Morgan fingerprint density at radius 1 is 1.05 bits per heavy atom. The van der Waals surface area contributed by atoms with E-state index in [2.05, 4.69) is 49.6 Å². The highest BCUT2D eigenvalue weighted by molar-refractivity contribution is 6.34. The van der Waals surface area contributed by atoms with Gasteiger partial charge >= 0.3 is 0 Å². The maximum atomic E-state index is 13.9. The van der Waals surface area contributed by atoms with Gasteiger partial charge in [0.25, 0.3) is 5.91 Å². The van der Waals surface area contributed by atoms with E-state index in [0.717, 1.165) is 59.3 Å². The molecular formula is C34H38ClN3O3. The summed E-state index contributed by atoms with van der Waals surface area (Å²) in [6.07, 6.45) is 4.28. The normalized spacial score (nSPS) is 20.1. The van der Waals surface area contributed by atoms with E-state index in [9.17, 15) is 9.59 Å². The molecule has 3 heterocycles. The molecule has 3 aromatic carbocycles. The molecule has 41 heavy (non-hydrogen) atoms. The largest absolute Gasteiger partial charge is 0.477 e. The third-order valence-corrected chi connectivity index (χ3v) is 9.35. The minimum atomic E-state index is -0.588. The van der Waals surface area contributed by atoms with Crippen molar-refractivity contribution in [3.63, 3.8) is 0 Å². The molecule has 0 N–H and O–H groups in total. The van der Waals surface area contributed by atoms with Crippen LogP contribution in [0.25, 0.3) is 21.9 Å². The van der Waals surface area contributed by atoms with Crippen molar-refractivity contribution >= 4 is 39.9 Å². The van der Waals surface area contributed by atoms with E-state index >= 15 is 0 Å². The first-order valence-electron chi connectivity index (χ1n) is 14.8. The molecular weight excluding hydrogens is 534 g/mol. The van der Waals surface area contributed by atoms with Gasteiger partial charge in [0.15, 0.2) is 6.10 Å². The van der Waals surface area contributed by atoms with Gasteiger partial charge in [-0.3, -0.25) is 14.5 Å². The Morgan fingerprint density at radius 3 is 2.54 bits per heavy atom. The Balaban J connectivity index is 1.34. The summed E-state index contributed by atoms with van der Waals surface area (Å²) in [7, 11) is 0. The Labute approximate surface area is 247 Å². The van der Waals surface area contributed by atoms with E-state index in [0.29, 0.717) is 42.6 Å². The molecule has 0 radical (unpaired) electrons. The fourth-order valence-electron chi connectivity index (χ4n) is 6.60. The third kappa shape index (κ3) is 5.47. The predicted molar refractivity (Wildman–Crippen MR) is 166 cm³/mol. The molecule has 3 aliphatic rings. The van der Waals surface area contributed by atoms with Crippen LogP contribution in [-0.4, -0.2) is 67.0 Å². The molecule has 0 aliphatic carbocycles. The number of rotatable bonds is 7. The van der Waals surface area contributed by atoms with Crippen molar-refractivity contribution in [2.24, 2.45) is 11.8 Å². The molecule has 3 aliphatic heterocycles. The first-order valence-corrected chi connectivity index (χ1v) is 15.2. The molecule has 7 heteroatoms. The number of benzene rings is 3. The van der Waals surface area contributed by atoms with E-state index in [1.165, 1.54) is 12.5 Å². The maximum Gasteiger partial charge on any atom is 0.269 e. The Bertz CT molecular complexity index is 1490. The van der Waals surface area contributed by atoms with Crippen LogP contribution in [-0.2, 0) is 9.59 Å². The van der Waals surface area contributed by atoms with Crippen molar-refractivity contribution in [3.8, 4) is 16.9 Å². The van der Waals surface area contributed by atoms with E-state index in [1.807, 2.05) is 29.2 Å². The lowest BCUT2D eigenvalue weighted by Gasteiger charge is -2.44. The van der Waals surface area contributed by atoms with E-state index < -0.39 is 6.10 Å². The number of halogens is 1. The zero-order valence-electron chi connectivity index (χ0n) is 23.9. The molecule has 214 valence electrons. The third-order valence-electron chi connectivity index (χ3n) is 9.04. The Morgan fingerprint density at radius 2 is 1.80 bits per heavy atom. The minimum absolute atomic E-state index is 0.0339. The quantitative estimate of drug-likeness (QED) is 0.311. The van der Waals surface area contributed by atoms with Gasteiger partial charge in [0.1, 0.15) is 5.75 Å². The van der Waals surface area contributed by atoms with Crippen LogP contribution in [0.5, 0.6) is 5.75 Å². The van der Waals surface area contributed by atoms with Gasteiger partial charge in [-0.05, 0) is 78.9 Å². The Hall–Kier alpha value is -3.35. The molecule has 1 atom stereocenters. The number of likely N-dealkylation sites (tertiary alicyclic amines) is 2. The summed E-state index contributed by atoms with van der Waals surface area (Å²) in [5, 5.41) is 2.87. The van der Waals surface area contributed by atoms with Crippen LogP contribution < -0.4 is 9.64 Å². The summed E-state index contributed by atoms with van der Waals surface area (Å²) in [5.74, 6) is 1.53. The number of amides is 2. The Kier molecular flexibility index (Phi) is 7.80. The average Bonchev–Trinajstić information content (AvgIpc) is 2.96. The second-order valence-electron chi connectivity index (χ2n) is 11.9. The number of fused-ring (bicyclic) bond motifs is 2. The first-order chi connectivity index (χ1) is 19.8. The predicted octanol–water partition coefficient (Wildman–Crippen LogP) is 6.33. The molecule has 1 unspecified atom stereocenters. The molecule has 2 saturated heterocycles. The second-order valence-corrected chi connectivity index (χ2v) is 12.3. The summed E-state index contributed by atoms with van der Waals surface area (Å²) < 4.78 is 6.53.